The molecule has 1 aliphatic rings. The first-order valence-electron chi connectivity index (χ1n) is 8.97. The highest BCUT2D eigenvalue weighted by Crippen LogP contribution is 2.18. The molecule has 0 spiro atoms. The van der Waals surface area contributed by atoms with E-state index in [2.05, 4.69) is 0 Å². The zero-order valence-electron chi connectivity index (χ0n) is 15.2. The van der Waals surface area contributed by atoms with E-state index in [1.165, 1.54) is 11.0 Å². The van der Waals surface area contributed by atoms with E-state index >= 15 is 0 Å². The van der Waals surface area contributed by atoms with Crippen molar-refractivity contribution in [3.8, 4) is 0 Å². The van der Waals surface area contributed by atoms with Crippen molar-refractivity contribution in [1.82, 2.24) is 4.31 Å². The summed E-state index contributed by atoms with van der Waals surface area (Å²) in [6.07, 6.45) is 0. The van der Waals surface area contributed by atoms with Gasteiger partial charge in [0.25, 0.3) is 5.69 Å². The third-order valence-corrected chi connectivity index (χ3v) is 6.99. The van der Waals surface area contributed by atoms with Crippen molar-refractivity contribution in [1.29, 1.82) is 0 Å². The molecule has 144 valence electrons. The molecule has 2 aromatic rings. The lowest BCUT2D eigenvalue weighted by Gasteiger charge is -2.35. The van der Waals surface area contributed by atoms with Gasteiger partial charge in [0.2, 0.25) is 10.0 Å². The Morgan fingerprint density at radius 1 is 1.11 bits per heavy atom. The first kappa shape index (κ1) is 19.5. The second-order valence-electron chi connectivity index (χ2n) is 6.87. The van der Waals surface area contributed by atoms with Crippen LogP contribution in [-0.4, -0.2) is 43.8 Å². The maximum Gasteiger partial charge on any atom is 0.269 e. The average Bonchev–Trinajstić information content (AvgIpc) is 2.68. The Hall–Kier alpha value is -2.29. The third-order valence-electron chi connectivity index (χ3n) is 5.14. The van der Waals surface area contributed by atoms with Crippen LogP contribution in [0.3, 0.4) is 0 Å². The van der Waals surface area contributed by atoms with Gasteiger partial charge in [-0.05, 0) is 12.5 Å². The fourth-order valence-corrected chi connectivity index (χ4v) is 5.04. The molecule has 1 aliphatic heterocycles. The molecule has 1 fully saturated rings. The van der Waals surface area contributed by atoms with Gasteiger partial charge in [0.1, 0.15) is 6.04 Å². The molecule has 1 saturated heterocycles. The van der Waals surface area contributed by atoms with Gasteiger partial charge >= 0.3 is 0 Å². The topological polar surface area (TPSA) is 85.0 Å². The molecule has 0 aliphatic carbocycles. The standard InChI is InChI=1S/C19H23N3O4S/c1-16(18-8-5-9-19(14-18)22(23)24)20-10-12-21(13-11-20)27(25,26)15-17-6-3-2-4-7-17/h2-9,14,16H,10-13,15H2,1H3/p+1/t16-/m0/s1. The third kappa shape index (κ3) is 4.71. The smallest absolute Gasteiger partial charge is 0.269 e. The summed E-state index contributed by atoms with van der Waals surface area (Å²) in [7, 11) is -3.34. The molecule has 8 heteroatoms. The summed E-state index contributed by atoms with van der Waals surface area (Å²) in [5, 5.41) is 11.0. The summed E-state index contributed by atoms with van der Waals surface area (Å²) in [6.45, 7) is 4.31. The fourth-order valence-electron chi connectivity index (χ4n) is 3.50. The number of nitrogens with zero attached hydrogens (tertiary/aromatic N) is 2. The molecule has 1 heterocycles. The quantitative estimate of drug-likeness (QED) is 0.597. The van der Waals surface area contributed by atoms with E-state index < -0.39 is 10.0 Å². The molecule has 1 atom stereocenters. The van der Waals surface area contributed by atoms with Crippen LogP contribution < -0.4 is 4.90 Å². The van der Waals surface area contributed by atoms with E-state index in [-0.39, 0.29) is 22.4 Å². The summed E-state index contributed by atoms with van der Waals surface area (Å²) >= 11 is 0. The number of quaternary nitrogens is 1. The van der Waals surface area contributed by atoms with E-state index in [0.717, 1.165) is 11.1 Å². The number of nitro benzene ring substituents is 1. The number of hydrogen-bond acceptors (Lipinski definition) is 4. The van der Waals surface area contributed by atoms with Gasteiger partial charge in [0, 0.05) is 17.7 Å². The Morgan fingerprint density at radius 2 is 1.78 bits per heavy atom. The van der Waals surface area contributed by atoms with Gasteiger partial charge in [-0.2, -0.15) is 4.31 Å². The Bertz CT molecular complexity index is 894. The Morgan fingerprint density at radius 3 is 2.41 bits per heavy atom. The maximum absolute atomic E-state index is 12.7. The van der Waals surface area contributed by atoms with Crippen LogP contribution >= 0.6 is 0 Å². The lowest BCUT2D eigenvalue weighted by atomic mass is 10.1. The monoisotopic (exact) mass is 390 g/mol. The van der Waals surface area contributed by atoms with Gasteiger partial charge in [-0.1, -0.05) is 42.5 Å². The molecule has 7 nitrogen and oxygen atoms in total. The molecule has 2 aromatic carbocycles. The second kappa shape index (κ2) is 8.16. The average molecular weight is 390 g/mol. The predicted octanol–water partition coefficient (Wildman–Crippen LogP) is 1.39. The summed E-state index contributed by atoms with van der Waals surface area (Å²) < 4.78 is 26.9. The summed E-state index contributed by atoms with van der Waals surface area (Å²) in [5.41, 5.74) is 1.78. The summed E-state index contributed by atoms with van der Waals surface area (Å²) in [4.78, 5) is 11.8. The van der Waals surface area contributed by atoms with Crippen LogP contribution in [0.4, 0.5) is 5.69 Å². The van der Waals surface area contributed by atoms with Crippen LogP contribution in [0.1, 0.15) is 24.1 Å². The van der Waals surface area contributed by atoms with Crippen LogP contribution in [0.5, 0.6) is 0 Å². The molecule has 1 N–H and O–H groups in total. The Kier molecular flexibility index (Phi) is 5.88. The minimum atomic E-state index is -3.34. The molecule has 0 bridgehead atoms. The minimum Gasteiger partial charge on any atom is -0.327 e. The van der Waals surface area contributed by atoms with Crippen LogP contribution in [0.25, 0.3) is 0 Å². The van der Waals surface area contributed by atoms with Crippen LogP contribution in [-0.2, 0) is 15.8 Å². The molecule has 0 amide bonds. The largest absolute Gasteiger partial charge is 0.327 e. The second-order valence-corrected chi connectivity index (χ2v) is 8.84. The molecule has 27 heavy (non-hydrogen) atoms. The number of nitrogens with one attached hydrogen (secondary N) is 1. The van der Waals surface area contributed by atoms with Gasteiger partial charge in [-0.15, -0.1) is 0 Å². The van der Waals surface area contributed by atoms with Crippen molar-refractivity contribution in [2.24, 2.45) is 0 Å². The molecular weight excluding hydrogens is 366 g/mol. The predicted molar refractivity (Wildman–Crippen MR) is 103 cm³/mol. The Balaban J connectivity index is 1.63. The van der Waals surface area contributed by atoms with E-state index in [1.807, 2.05) is 43.3 Å². The highest BCUT2D eigenvalue weighted by molar-refractivity contribution is 7.88. The van der Waals surface area contributed by atoms with E-state index in [1.54, 1.807) is 16.4 Å². The van der Waals surface area contributed by atoms with Crippen LogP contribution in [0, 0.1) is 10.1 Å². The minimum absolute atomic E-state index is 0.0175. The van der Waals surface area contributed by atoms with Crippen molar-refractivity contribution >= 4 is 15.7 Å². The molecule has 0 unspecified atom stereocenters. The van der Waals surface area contributed by atoms with Crippen molar-refractivity contribution in [2.45, 2.75) is 18.7 Å². The fraction of sp³-hybridized carbons (Fsp3) is 0.368. The molecular formula is C19H24N3O4S+. The number of non-ortho nitro benzene ring substituents is 1. The highest BCUT2D eigenvalue weighted by Gasteiger charge is 2.32. The first-order valence-corrected chi connectivity index (χ1v) is 10.6. The number of rotatable bonds is 6. The van der Waals surface area contributed by atoms with Crippen molar-refractivity contribution in [3.05, 3.63) is 75.8 Å². The van der Waals surface area contributed by atoms with Gasteiger partial charge in [0.15, 0.2) is 0 Å². The molecule has 0 radical (unpaired) electrons. The summed E-state index contributed by atoms with van der Waals surface area (Å²) in [5.74, 6) is 0.0175. The first-order chi connectivity index (χ1) is 12.9. The molecule has 0 saturated carbocycles. The van der Waals surface area contributed by atoms with E-state index in [4.69, 9.17) is 0 Å². The SMILES string of the molecule is C[C@@H](c1cccc([N+](=O)[O-])c1)[NH+]1CCN(S(=O)(=O)Cc2ccccc2)CC1. The number of nitro groups is 1. The van der Waals surface area contributed by atoms with Gasteiger partial charge in [-0.25, -0.2) is 8.42 Å². The van der Waals surface area contributed by atoms with E-state index in [0.29, 0.717) is 26.2 Å². The number of piperazine rings is 1. The number of benzene rings is 2. The molecule has 0 aromatic heterocycles. The van der Waals surface area contributed by atoms with Crippen LogP contribution in [0.15, 0.2) is 54.6 Å². The number of hydrogen-bond donors (Lipinski definition) is 1. The van der Waals surface area contributed by atoms with Gasteiger partial charge in [0.05, 0.1) is 36.9 Å². The van der Waals surface area contributed by atoms with E-state index in [9.17, 15) is 18.5 Å². The molecule has 3 rings (SSSR count). The number of sulfonamides is 1. The van der Waals surface area contributed by atoms with Crippen LogP contribution in [0.2, 0.25) is 0 Å². The summed E-state index contributed by atoms with van der Waals surface area (Å²) in [6, 6.07) is 16.0. The normalized spacial score (nSPS) is 17.5. The highest BCUT2D eigenvalue weighted by atomic mass is 32.2. The van der Waals surface area contributed by atoms with Crippen molar-refractivity contribution in [2.75, 3.05) is 26.2 Å². The van der Waals surface area contributed by atoms with Crippen molar-refractivity contribution in [3.63, 3.8) is 0 Å². The van der Waals surface area contributed by atoms with Gasteiger partial charge in [-0.3, -0.25) is 10.1 Å². The Labute approximate surface area is 159 Å². The lowest BCUT2D eigenvalue weighted by Crippen LogP contribution is -3.14. The van der Waals surface area contributed by atoms with Gasteiger partial charge < -0.3 is 4.90 Å². The van der Waals surface area contributed by atoms with Crippen molar-refractivity contribution < 1.29 is 18.2 Å². The zero-order valence-corrected chi connectivity index (χ0v) is 16.1. The lowest BCUT2D eigenvalue weighted by molar-refractivity contribution is -0.933. The maximum atomic E-state index is 12.7. The zero-order chi connectivity index (χ0) is 19.4.